The minimum absolute atomic E-state index is 0.135. The van der Waals surface area contributed by atoms with Crippen LogP contribution in [-0.4, -0.2) is 15.0 Å². The molecular weight excluding hydrogens is 897 g/mol. The van der Waals surface area contributed by atoms with E-state index in [4.69, 9.17) is 15.0 Å². The molecule has 0 saturated heterocycles. The number of rotatable bonds is 9. The Kier molecular flexibility index (Phi) is 10.6. The summed E-state index contributed by atoms with van der Waals surface area (Å²) in [5.41, 5.74) is 21.4. The van der Waals surface area contributed by atoms with Crippen LogP contribution in [0.1, 0.15) is 65.5 Å². The summed E-state index contributed by atoms with van der Waals surface area (Å²) < 4.78 is 0. The Hall–Kier alpha value is -8.99. The van der Waals surface area contributed by atoms with Crippen LogP contribution in [0.25, 0.3) is 67.5 Å². The van der Waals surface area contributed by atoms with Gasteiger partial charge in [0.1, 0.15) is 0 Å². The van der Waals surface area contributed by atoms with Crippen molar-refractivity contribution in [2.45, 2.75) is 42.9 Å². The van der Waals surface area contributed by atoms with E-state index in [1.165, 1.54) is 91.7 Å². The van der Waals surface area contributed by atoms with Gasteiger partial charge in [0.25, 0.3) is 0 Å². The second-order valence-electron chi connectivity index (χ2n) is 20.1. The molecule has 1 fully saturated rings. The van der Waals surface area contributed by atoms with Gasteiger partial charge in [0, 0.05) is 39.0 Å². The summed E-state index contributed by atoms with van der Waals surface area (Å²) in [6.07, 6.45) is 5.79. The number of aromatic nitrogens is 3. The van der Waals surface area contributed by atoms with E-state index in [0.717, 1.165) is 40.9 Å². The Bertz CT molecular complexity index is 3740. The smallest absolute Gasteiger partial charge is 0.164 e. The quantitative estimate of drug-likeness (QED) is 0.145. The molecule has 11 aromatic rings. The zero-order valence-electron chi connectivity index (χ0n) is 41.1. The Balaban J connectivity index is 0.889. The molecule has 0 atom stereocenters. The summed E-state index contributed by atoms with van der Waals surface area (Å²) in [5.74, 6) is 2.01. The molecule has 0 unspecified atom stereocenters. The van der Waals surface area contributed by atoms with E-state index in [1.54, 1.807) is 0 Å². The topological polar surface area (TPSA) is 41.9 Å². The Morgan fingerprint density at radius 3 is 1.20 bits per heavy atom. The molecule has 4 heteroatoms. The molecule has 74 heavy (non-hydrogen) atoms. The number of hydrogen-bond acceptors (Lipinski definition) is 4. The predicted octanol–water partition coefficient (Wildman–Crippen LogP) is 17.6. The molecule has 0 amide bonds. The van der Waals surface area contributed by atoms with E-state index >= 15 is 0 Å². The summed E-state index contributed by atoms with van der Waals surface area (Å²) in [6.45, 7) is 0. The van der Waals surface area contributed by atoms with Gasteiger partial charge in [0.15, 0.2) is 17.5 Å². The van der Waals surface area contributed by atoms with Crippen LogP contribution in [-0.2, 0) is 10.8 Å². The molecule has 0 N–H and O–H groups in total. The van der Waals surface area contributed by atoms with Crippen LogP contribution in [0.4, 0.5) is 17.1 Å². The molecule has 4 nitrogen and oxygen atoms in total. The lowest BCUT2D eigenvalue weighted by atomic mass is 9.65. The third-order valence-corrected chi connectivity index (χ3v) is 16.3. The molecule has 0 radical (unpaired) electrons. The lowest BCUT2D eigenvalue weighted by Crippen LogP contribution is -2.30. The lowest BCUT2D eigenvalue weighted by molar-refractivity contribution is 0.346. The van der Waals surface area contributed by atoms with E-state index in [9.17, 15) is 0 Å². The first-order valence-corrected chi connectivity index (χ1v) is 26.1. The second-order valence-corrected chi connectivity index (χ2v) is 20.1. The van der Waals surface area contributed by atoms with Crippen molar-refractivity contribution in [1.82, 2.24) is 15.0 Å². The van der Waals surface area contributed by atoms with Crippen molar-refractivity contribution in [3.8, 4) is 67.5 Å². The Morgan fingerprint density at radius 2 is 0.676 bits per heavy atom. The van der Waals surface area contributed by atoms with E-state index in [2.05, 4.69) is 223 Å². The highest BCUT2D eigenvalue weighted by Crippen LogP contribution is 2.64. The predicted molar refractivity (Wildman–Crippen MR) is 303 cm³/mol. The largest absolute Gasteiger partial charge is 0.310 e. The van der Waals surface area contributed by atoms with Gasteiger partial charge in [-0.25, -0.2) is 15.0 Å². The fraction of sp³-hybridized carbons (Fsp3) is 0.100. The number of anilines is 3. The first-order chi connectivity index (χ1) is 36.7. The standard InChI is InChI=1S/C70H52N4/c1-5-20-48(21-6-1)49-36-42-55(43-37-49)74(64-33-19-32-63-65(64)59-28-13-16-31-62(59)70(63)60-29-14-11-26-57(60)58-27-12-15-30-61(58)70)56-44-40-54(41-45-56)69(46-17-4-18-47-69)53-38-34-52(35-39-53)68-72-66(50-22-7-2-8-23-50)71-67(73-68)51-24-9-3-10-25-51/h1-3,5-16,19-45H,4,17-18,46-47H2. The highest BCUT2D eigenvalue weighted by molar-refractivity contribution is 6.01. The van der Waals surface area contributed by atoms with Gasteiger partial charge in [-0.15, -0.1) is 0 Å². The first kappa shape index (κ1) is 43.8. The van der Waals surface area contributed by atoms with Gasteiger partial charge in [-0.2, -0.15) is 0 Å². The molecule has 0 bridgehead atoms. The summed E-state index contributed by atoms with van der Waals surface area (Å²) in [7, 11) is 0. The van der Waals surface area contributed by atoms with Gasteiger partial charge in [-0.3, -0.25) is 0 Å². The number of nitrogens with zero attached hydrogens (tertiary/aromatic N) is 4. The zero-order chi connectivity index (χ0) is 49.1. The third-order valence-electron chi connectivity index (χ3n) is 16.3. The lowest BCUT2D eigenvalue weighted by Gasteiger charge is -2.39. The monoisotopic (exact) mass is 948 g/mol. The van der Waals surface area contributed by atoms with Crippen molar-refractivity contribution in [3.05, 3.63) is 288 Å². The molecule has 10 aromatic carbocycles. The average molecular weight is 949 g/mol. The summed E-state index contributed by atoms with van der Waals surface area (Å²) >= 11 is 0. The zero-order valence-corrected chi connectivity index (χ0v) is 41.1. The highest BCUT2D eigenvalue weighted by atomic mass is 15.1. The fourth-order valence-corrected chi connectivity index (χ4v) is 12.9. The number of benzene rings is 10. The van der Waals surface area contributed by atoms with Crippen molar-refractivity contribution in [1.29, 1.82) is 0 Å². The maximum atomic E-state index is 5.06. The second kappa shape index (κ2) is 17.9. The molecule has 0 aliphatic heterocycles. The maximum Gasteiger partial charge on any atom is 0.164 e. The highest BCUT2D eigenvalue weighted by Gasteiger charge is 2.52. The molecule has 3 aliphatic carbocycles. The summed E-state index contributed by atoms with van der Waals surface area (Å²) in [4.78, 5) is 17.6. The van der Waals surface area contributed by atoms with Crippen LogP contribution in [0, 0.1) is 0 Å². The fourth-order valence-electron chi connectivity index (χ4n) is 12.9. The van der Waals surface area contributed by atoms with Crippen molar-refractivity contribution < 1.29 is 0 Å². The van der Waals surface area contributed by atoms with E-state index in [0.29, 0.717) is 17.5 Å². The van der Waals surface area contributed by atoms with Crippen molar-refractivity contribution in [2.75, 3.05) is 4.90 Å². The minimum atomic E-state index is -0.442. The van der Waals surface area contributed by atoms with Crippen LogP contribution in [0.5, 0.6) is 0 Å². The molecular formula is C70H52N4. The van der Waals surface area contributed by atoms with E-state index in [-0.39, 0.29) is 5.41 Å². The van der Waals surface area contributed by atoms with E-state index in [1.807, 2.05) is 36.4 Å². The van der Waals surface area contributed by atoms with Crippen LogP contribution < -0.4 is 4.90 Å². The van der Waals surface area contributed by atoms with Gasteiger partial charge in [0.05, 0.1) is 11.1 Å². The van der Waals surface area contributed by atoms with Gasteiger partial charge in [-0.05, 0) is 104 Å². The molecule has 3 aliphatic rings. The molecule has 1 spiro atoms. The Morgan fingerprint density at radius 1 is 0.297 bits per heavy atom. The van der Waals surface area contributed by atoms with Crippen LogP contribution >= 0.6 is 0 Å². The van der Waals surface area contributed by atoms with Crippen LogP contribution in [0.2, 0.25) is 0 Å². The minimum Gasteiger partial charge on any atom is -0.310 e. The van der Waals surface area contributed by atoms with Gasteiger partial charge in [0.2, 0.25) is 0 Å². The van der Waals surface area contributed by atoms with Gasteiger partial charge >= 0.3 is 0 Å². The maximum absolute atomic E-state index is 5.06. The Labute approximate surface area is 433 Å². The normalized spacial score (nSPS) is 14.4. The number of hydrogen-bond donors (Lipinski definition) is 0. The summed E-state index contributed by atoms with van der Waals surface area (Å²) in [6, 6.07) is 93.3. The van der Waals surface area contributed by atoms with Crippen LogP contribution in [0.15, 0.2) is 255 Å². The summed E-state index contributed by atoms with van der Waals surface area (Å²) in [5, 5.41) is 0. The third kappa shape index (κ3) is 7.00. The number of fused-ring (bicyclic) bond motifs is 10. The molecule has 14 rings (SSSR count). The first-order valence-electron chi connectivity index (χ1n) is 26.1. The molecule has 1 heterocycles. The molecule has 352 valence electrons. The van der Waals surface area contributed by atoms with Gasteiger partial charge < -0.3 is 4.90 Å². The molecule has 1 saturated carbocycles. The SMILES string of the molecule is c1ccc(-c2ccc(N(c3ccc(C4(c5ccc(-c6nc(-c7ccccc7)nc(-c7ccccc7)n6)cc5)CCCCC4)cc3)c3cccc4c3-c3ccccc3C43c4ccccc4-c4ccccc43)cc2)cc1. The average Bonchev–Trinajstić information content (AvgIpc) is 3.97. The van der Waals surface area contributed by atoms with Crippen LogP contribution in [0.3, 0.4) is 0 Å². The van der Waals surface area contributed by atoms with Crippen molar-refractivity contribution >= 4 is 17.1 Å². The molecule has 1 aromatic heterocycles. The van der Waals surface area contributed by atoms with Crippen molar-refractivity contribution in [2.24, 2.45) is 0 Å². The van der Waals surface area contributed by atoms with E-state index < -0.39 is 5.41 Å². The van der Waals surface area contributed by atoms with Gasteiger partial charge in [-0.1, -0.05) is 244 Å². The van der Waals surface area contributed by atoms with Crippen molar-refractivity contribution in [3.63, 3.8) is 0 Å².